The lowest BCUT2D eigenvalue weighted by Gasteiger charge is -2.27. The number of ether oxygens (including phenoxy) is 1. The molecule has 1 saturated heterocycles. The second-order valence-corrected chi connectivity index (χ2v) is 3.31. The molecule has 1 fully saturated rings. The van der Waals surface area contributed by atoms with E-state index in [-0.39, 0.29) is 17.8 Å². The molecule has 1 N–H and O–H groups in total. The molecule has 0 spiro atoms. The standard InChI is InChI=1S/C9H15NO3/c1-3-13-9(12)8-6(2)4-5-7(11)10-8/h6,8H,3-5H2,1-2H3,(H,10,11)/t6?,8-/m1/s1. The van der Waals surface area contributed by atoms with Gasteiger partial charge in [-0.3, -0.25) is 4.79 Å². The number of nitrogens with one attached hydrogen (secondary N) is 1. The summed E-state index contributed by atoms with van der Waals surface area (Å²) in [4.78, 5) is 22.3. The Kier molecular flexibility index (Phi) is 3.28. The molecule has 1 heterocycles. The van der Waals surface area contributed by atoms with E-state index in [1.54, 1.807) is 6.92 Å². The molecule has 0 aromatic carbocycles. The summed E-state index contributed by atoms with van der Waals surface area (Å²) in [6, 6.07) is -0.443. The highest BCUT2D eigenvalue weighted by Gasteiger charge is 2.31. The molecule has 0 saturated carbocycles. The maximum Gasteiger partial charge on any atom is 0.328 e. The maximum atomic E-state index is 11.3. The van der Waals surface area contributed by atoms with Crippen LogP contribution in [0.1, 0.15) is 26.7 Å². The summed E-state index contributed by atoms with van der Waals surface area (Å²) < 4.78 is 4.85. The molecule has 4 nitrogen and oxygen atoms in total. The zero-order valence-corrected chi connectivity index (χ0v) is 8.00. The minimum Gasteiger partial charge on any atom is -0.464 e. The normalized spacial score (nSPS) is 28.0. The molecule has 1 rings (SSSR count). The van der Waals surface area contributed by atoms with E-state index >= 15 is 0 Å². The van der Waals surface area contributed by atoms with Gasteiger partial charge in [0.25, 0.3) is 0 Å². The van der Waals surface area contributed by atoms with E-state index < -0.39 is 6.04 Å². The highest BCUT2D eigenvalue weighted by atomic mass is 16.5. The van der Waals surface area contributed by atoms with Crippen molar-refractivity contribution < 1.29 is 14.3 Å². The van der Waals surface area contributed by atoms with Gasteiger partial charge in [-0.1, -0.05) is 6.92 Å². The fourth-order valence-corrected chi connectivity index (χ4v) is 1.44. The van der Waals surface area contributed by atoms with E-state index in [9.17, 15) is 9.59 Å². The first-order valence-corrected chi connectivity index (χ1v) is 4.61. The van der Waals surface area contributed by atoms with Crippen molar-refractivity contribution in [3.63, 3.8) is 0 Å². The topological polar surface area (TPSA) is 55.4 Å². The van der Waals surface area contributed by atoms with Crippen molar-refractivity contribution in [2.75, 3.05) is 6.61 Å². The van der Waals surface area contributed by atoms with Crippen LogP contribution in [0.25, 0.3) is 0 Å². The number of rotatable bonds is 2. The van der Waals surface area contributed by atoms with Crippen LogP contribution in [0.2, 0.25) is 0 Å². The van der Waals surface area contributed by atoms with Gasteiger partial charge in [0, 0.05) is 6.42 Å². The molecular weight excluding hydrogens is 170 g/mol. The predicted molar refractivity (Wildman–Crippen MR) is 47.0 cm³/mol. The highest BCUT2D eigenvalue weighted by molar-refractivity contribution is 5.85. The Morgan fingerprint density at radius 3 is 3.00 bits per heavy atom. The first kappa shape index (κ1) is 10.0. The summed E-state index contributed by atoms with van der Waals surface area (Å²) in [6.45, 7) is 4.06. The number of hydrogen-bond donors (Lipinski definition) is 1. The molecule has 0 aliphatic carbocycles. The van der Waals surface area contributed by atoms with Crippen LogP contribution in [0.3, 0.4) is 0 Å². The molecule has 0 bridgehead atoms. The van der Waals surface area contributed by atoms with E-state index in [1.165, 1.54) is 0 Å². The van der Waals surface area contributed by atoms with Gasteiger partial charge in [0.05, 0.1) is 6.61 Å². The number of carbonyl (C=O) groups excluding carboxylic acids is 2. The lowest BCUT2D eigenvalue weighted by molar-refractivity contribution is -0.150. The van der Waals surface area contributed by atoms with Gasteiger partial charge in [-0.05, 0) is 19.3 Å². The fraction of sp³-hybridized carbons (Fsp3) is 0.778. The average Bonchev–Trinajstić information content (AvgIpc) is 2.09. The van der Waals surface area contributed by atoms with Crippen LogP contribution in [0.4, 0.5) is 0 Å². The van der Waals surface area contributed by atoms with Crippen LogP contribution in [0.15, 0.2) is 0 Å². The first-order valence-electron chi connectivity index (χ1n) is 4.61. The molecular formula is C9H15NO3. The highest BCUT2D eigenvalue weighted by Crippen LogP contribution is 2.17. The molecule has 4 heteroatoms. The number of carbonyl (C=O) groups is 2. The first-order chi connectivity index (χ1) is 6.15. The number of hydrogen-bond acceptors (Lipinski definition) is 3. The Bertz CT molecular complexity index is 215. The quantitative estimate of drug-likeness (QED) is 0.636. The molecule has 0 radical (unpaired) electrons. The van der Waals surface area contributed by atoms with Crippen molar-refractivity contribution in [1.29, 1.82) is 0 Å². The second kappa shape index (κ2) is 4.25. The van der Waals surface area contributed by atoms with Crippen LogP contribution in [-0.2, 0) is 14.3 Å². The van der Waals surface area contributed by atoms with E-state index in [0.717, 1.165) is 6.42 Å². The third-order valence-corrected chi connectivity index (χ3v) is 2.25. The van der Waals surface area contributed by atoms with Crippen molar-refractivity contribution in [1.82, 2.24) is 5.32 Å². The van der Waals surface area contributed by atoms with E-state index in [1.807, 2.05) is 6.92 Å². The number of amides is 1. The predicted octanol–water partition coefficient (Wildman–Crippen LogP) is 0.464. The van der Waals surface area contributed by atoms with Crippen molar-refractivity contribution >= 4 is 11.9 Å². The summed E-state index contributed by atoms with van der Waals surface area (Å²) in [7, 11) is 0. The zero-order valence-electron chi connectivity index (χ0n) is 8.00. The molecule has 2 atom stereocenters. The molecule has 0 aromatic heterocycles. The summed E-state index contributed by atoms with van der Waals surface area (Å²) in [6.07, 6.45) is 1.27. The Morgan fingerprint density at radius 1 is 1.69 bits per heavy atom. The minimum atomic E-state index is -0.443. The molecule has 0 aromatic rings. The van der Waals surface area contributed by atoms with Crippen LogP contribution >= 0.6 is 0 Å². The van der Waals surface area contributed by atoms with E-state index in [0.29, 0.717) is 13.0 Å². The van der Waals surface area contributed by atoms with Gasteiger partial charge in [0.1, 0.15) is 6.04 Å². The average molecular weight is 185 g/mol. The van der Waals surface area contributed by atoms with Crippen LogP contribution in [0.5, 0.6) is 0 Å². The molecule has 1 amide bonds. The lowest BCUT2D eigenvalue weighted by atomic mass is 9.92. The molecule has 1 aliphatic heterocycles. The van der Waals surface area contributed by atoms with Crippen LogP contribution in [0, 0.1) is 5.92 Å². The Morgan fingerprint density at radius 2 is 2.38 bits per heavy atom. The molecule has 13 heavy (non-hydrogen) atoms. The van der Waals surface area contributed by atoms with Gasteiger partial charge in [-0.15, -0.1) is 0 Å². The van der Waals surface area contributed by atoms with Gasteiger partial charge >= 0.3 is 5.97 Å². The van der Waals surface area contributed by atoms with Crippen LogP contribution in [-0.4, -0.2) is 24.5 Å². The van der Waals surface area contributed by atoms with Crippen LogP contribution < -0.4 is 5.32 Å². The fourth-order valence-electron chi connectivity index (χ4n) is 1.44. The van der Waals surface area contributed by atoms with Gasteiger partial charge in [-0.2, -0.15) is 0 Å². The number of esters is 1. The SMILES string of the molecule is CCOC(=O)[C@@H]1NC(=O)CCC1C. The van der Waals surface area contributed by atoms with Gasteiger partial charge < -0.3 is 10.1 Å². The van der Waals surface area contributed by atoms with Gasteiger partial charge in [-0.25, -0.2) is 4.79 Å². The largest absolute Gasteiger partial charge is 0.464 e. The van der Waals surface area contributed by atoms with Gasteiger partial charge in [0.15, 0.2) is 0 Å². The zero-order chi connectivity index (χ0) is 9.84. The summed E-state index contributed by atoms with van der Waals surface area (Å²) in [5.74, 6) is -0.198. The minimum absolute atomic E-state index is 0.0591. The van der Waals surface area contributed by atoms with Gasteiger partial charge in [0.2, 0.25) is 5.91 Å². The number of piperidine rings is 1. The summed E-state index contributed by atoms with van der Waals surface area (Å²) in [5.41, 5.74) is 0. The Balaban J connectivity index is 2.54. The molecule has 1 unspecified atom stereocenters. The third kappa shape index (κ3) is 2.44. The third-order valence-electron chi connectivity index (χ3n) is 2.25. The van der Waals surface area contributed by atoms with Crippen molar-refractivity contribution in [2.45, 2.75) is 32.7 Å². The lowest BCUT2D eigenvalue weighted by Crippen LogP contribution is -2.49. The molecule has 1 aliphatic rings. The second-order valence-electron chi connectivity index (χ2n) is 3.31. The Labute approximate surface area is 77.6 Å². The summed E-state index contributed by atoms with van der Waals surface area (Å²) >= 11 is 0. The molecule has 74 valence electrons. The Hall–Kier alpha value is -1.06. The van der Waals surface area contributed by atoms with Crippen molar-refractivity contribution in [3.05, 3.63) is 0 Å². The van der Waals surface area contributed by atoms with E-state index in [2.05, 4.69) is 5.32 Å². The maximum absolute atomic E-state index is 11.3. The smallest absolute Gasteiger partial charge is 0.328 e. The van der Waals surface area contributed by atoms with Crippen molar-refractivity contribution in [2.24, 2.45) is 5.92 Å². The summed E-state index contributed by atoms with van der Waals surface area (Å²) in [5, 5.41) is 2.64. The van der Waals surface area contributed by atoms with Crippen molar-refractivity contribution in [3.8, 4) is 0 Å². The monoisotopic (exact) mass is 185 g/mol. The van der Waals surface area contributed by atoms with E-state index in [4.69, 9.17) is 4.74 Å².